The quantitative estimate of drug-likeness (QED) is 0.0425. The van der Waals surface area contributed by atoms with Gasteiger partial charge in [-0.05, 0) is 12.8 Å². The molecule has 0 saturated heterocycles. The van der Waals surface area contributed by atoms with Gasteiger partial charge in [-0.3, -0.25) is 54.8 Å². The highest BCUT2D eigenvalue weighted by Gasteiger charge is 2.22. The Morgan fingerprint density at radius 1 is 0.231 bits per heavy atom. The van der Waals surface area contributed by atoms with Gasteiger partial charge in [-0.15, -0.1) is 0 Å². The Balaban J connectivity index is 4.28. The smallest absolute Gasteiger partial charge is 0.268 e. The molecule has 0 spiro atoms. The Kier molecular flexibility index (Phi) is 45.8. The van der Waals surface area contributed by atoms with Crippen LogP contribution in [0.5, 0.6) is 0 Å². The number of phosphoric ester groups is 12. The average Bonchev–Trinajstić information content (AvgIpc) is 3.08. The van der Waals surface area contributed by atoms with E-state index in [4.69, 9.17) is 10.00 Å². The van der Waals surface area contributed by atoms with Crippen molar-refractivity contribution in [1.29, 1.82) is 0 Å². The van der Waals surface area contributed by atoms with Crippen LogP contribution in [0.1, 0.15) is 26.7 Å². The van der Waals surface area contributed by atoms with Gasteiger partial charge in [-0.2, -0.15) is 0 Å². The molecule has 14 atom stereocenters. The molecule has 0 aromatic rings. The van der Waals surface area contributed by atoms with E-state index in [-0.39, 0.29) is 13.0 Å². The summed E-state index contributed by atoms with van der Waals surface area (Å²) in [5.41, 5.74) is 0. The third-order valence-electron chi connectivity index (χ3n) is 8.64. The minimum atomic E-state index is -5.33. The summed E-state index contributed by atoms with van der Waals surface area (Å²) in [5.74, 6) is -1.34. The van der Waals surface area contributed by atoms with Gasteiger partial charge in [0.15, 0.2) is 0 Å². The molecule has 0 rings (SSSR count). The average molecular weight is 1580 g/mol. The predicted molar refractivity (Wildman–Crippen MR) is 265 cm³/mol. The minimum absolute atomic E-state index is 0.139. The van der Waals surface area contributed by atoms with Gasteiger partial charge in [0.05, 0.1) is 152 Å². The van der Waals surface area contributed by atoms with Gasteiger partial charge in [-0.25, -0.2) is 0 Å². The number of hydrogen-bond donors (Lipinski definition) is 2. The second-order valence-corrected chi connectivity index (χ2v) is 32.4. The molecule has 0 radical (unpaired) electrons. The highest BCUT2D eigenvalue weighted by Crippen LogP contribution is 2.47. The summed E-state index contributed by atoms with van der Waals surface area (Å²) in [7, 11) is -62.6. The van der Waals surface area contributed by atoms with Gasteiger partial charge >= 0.3 is 0 Å². The van der Waals surface area contributed by atoms with Crippen LogP contribution in [-0.2, 0) is 159 Å². The van der Waals surface area contributed by atoms with E-state index in [0.29, 0.717) is 6.42 Å². The standard InChI is InChI=1S/C30H74O49P12/c1-3-29(25-31)26-78-90(53,54)75-23-21-73-88(49,50)71-19-17-69-86(45,46)67-15-13-65-84(41,42)63-11-9-61-82(37,38)59-7-5-57-81(35,36)58-6-8-60-83(39,40)62-10-12-64-85(43,44)66-14-16-68-87(47,48)70-18-20-72-89(51,52)74-22-24-76-91(55,56)79-28-30(4-2)27-77-80(32,33)34/h29-31H,3-28H2,1-2H3,(H,35,36)(H,37,38)(H,39,40)(H,41,42)(H,43,44)(H,45,46)(H,47,48)(H,49,50)(H,51,52)(H,53,54)(H,55,56)(H2,32,33,34)/p-12. The van der Waals surface area contributed by atoms with E-state index in [2.05, 4.69) is 104 Å². The second-order valence-electron chi connectivity index (χ2n) is 15.7. The zero-order valence-electron chi connectivity index (χ0n) is 47.0. The molecule has 0 aliphatic rings. The van der Waals surface area contributed by atoms with E-state index in [0.717, 1.165) is 0 Å². The molecule has 0 fully saturated rings. The van der Waals surface area contributed by atoms with E-state index in [1.807, 2.05) is 0 Å². The zero-order valence-corrected chi connectivity index (χ0v) is 57.7. The Hall–Kier alpha value is 1.28. The molecule has 0 bridgehead atoms. The number of aliphatic hydroxyl groups is 1. The fraction of sp³-hybridized carbons (Fsp3) is 1.00. The van der Waals surface area contributed by atoms with Crippen molar-refractivity contribution in [2.24, 2.45) is 11.8 Å². The van der Waals surface area contributed by atoms with Gasteiger partial charge in [-0.1, -0.05) is 13.8 Å². The molecule has 0 aromatic carbocycles. The Bertz CT molecular complexity index is 2650. The largest absolute Gasteiger partial charge is 0.756 e. The fourth-order valence-corrected chi connectivity index (χ4v) is 12.5. The van der Waals surface area contributed by atoms with Crippen molar-refractivity contribution in [2.45, 2.75) is 26.7 Å². The first-order chi connectivity index (χ1) is 41.7. The summed E-state index contributed by atoms with van der Waals surface area (Å²) < 4.78 is 240. The molecule has 0 saturated carbocycles. The van der Waals surface area contributed by atoms with Gasteiger partial charge in [0.2, 0.25) is 0 Å². The van der Waals surface area contributed by atoms with Crippen LogP contribution in [0, 0.1) is 11.8 Å². The molecule has 0 heterocycles. The molecule has 14 unspecified atom stereocenters. The number of phosphoric acid groups is 12. The molecular weight excluding hydrogens is 1520 g/mol. The molecule has 0 amide bonds. The summed E-state index contributed by atoms with van der Waals surface area (Å²) in [5, 5.41) is 9.05. The highest BCUT2D eigenvalue weighted by molar-refractivity contribution is 7.48. The third-order valence-corrected chi connectivity index (χ3v) is 20.0. The van der Waals surface area contributed by atoms with Crippen LogP contribution in [-0.4, -0.2) is 169 Å². The van der Waals surface area contributed by atoms with Crippen LogP contribution < -0.4 is 58.7 Å². The van der Waals surface area contributed by atoms with Crippen LogP contribution in [0.25, 0.3) is 0 Å². The fourth-order valence-electron chi connectivity index (χ4n) is 4.57. The number of rotatable bonds is 62. The van der Waals surface area contributed by atoms with E-state index >= 15 is 0 Å². The number of hydrogen-bond acceptors (Lipinski definition) is 48. The van der Waals surface area contributed by atoms with E-state index < -0.39 is 258 Å². The lowest BCUT2D eigenvalue weighted by molar-refractivity contribution is -0.239. The second kappa shape index (κ2) is 45.2. The van der Waals surface area contributed by atoms with Crippen molar-refractivity contribution in [1.82, 2.24) is 0 Å². The Labute approximate surface area is 517 Å². The third kappa shape index (κ3) is 54.7. The predicted octanol–water partition coefficient (Wildman–Crippen LogP) is -4.97. The van der Waals surface area contributed by atoms with Crippen LogP contribution in [0.4, 0.5) is 0 Å². The first kappa shape index (κ1) is 92.3. The molecule has 0 aromatic heterocycles. The van der Waals surface area contributed by atoms with Crippen LogP contribution in [0.15, 0.2) is 0 Å². The maximum Gasteiger partial charge on any atom is 0.268 e. The Morgan fingerprint density at radius 2 is 0.352 bits per heavy atom. The summed E-state index contributed by atoms with van der Waals surface area (Å²) in [6.07, 6.45) is 0.522. The zero-order chi connectivity index (χ0) is 69.8. The summed E-state index contributed by atoms with van der Waals surface area (Å²) in [6.45, 7) is -19.4. The lowest BCUT2D eigenvalue weighted by Crippen LogP contribution is -2.20. The molecule has 2 N–H and O–H groups in total. The van der Waals surface area contributed by atoms with Crippen molar-refractivity contribution in [3.63, 3.8) is 0 Å². The first-order valence-electron chi connectivity index (χ1n) is 24.6. The van der Waals surface area contributed by atoms with Crippen LogP contribution in [0.3, 0.4) is 0 Å². The van der Waals surface area contributed by atoms with Crippen LogP contribution >= 0.6 is 93.9 Å². The topological polar surface area (TPSA) is 734 Å². The van der Waals surface area contributed by atoms with Gasteiger partial charge in [0.25, 0.3) is 93.9 Å². The monoisotopic (exact) mass is 1580 g/mol. The van der Waals surface area contributed by atoms with Crippen molar-refractivity contribution >= 4 is 93.9 Å². The minimum Gasteiger partial charge on any atom is -0.756 e. The van der Waals surface area contributed by atoms with E-state index in [1.54, 1.807) is 6.92 Å². The number of aliphatic hydroxyl groups excluding tert-OH is 1. The van der Waals surface area contributed by atoms with Gasteiger partial charge < -0.3 is 173 Å². The van der Waals surface area contributed by atoms with Crippen molar-refractivity contribution in [2.75, 3.05) is 159 Å². The van der Waals surface area contributed by atoms with Crippen molar-refractivity contribution < 1.29 is 228 Å². The molecule has 61 heteroatoms. The molecule has 0 aliphatic carbocycles. The van der Waals surface area contributed by atoms with Crippen molar-refractivity contribution in [3.8, 4) is 0 Å². The maximum atomic E-state index is 11.9. The van der Waals surface area contributed by atoms with Gasteiger partial charge in [0, 0.05) is 18.4 Å². The van der Waals surface area contributed by atoms with E-state index in [1.165, 1.54) is 6.92 Å². The van der Waals surface area contributed by atoms with Crippen LogP contribution in [0.2, 0.25) is 0 Å². The van der Waals surface area contributed by atoms with E-state index in [9.17, 15) is 114 Å². The normalized spacial score (nSPS) is 21.1. The Morgan fingerprint density at radius 3 is 0.473 bits per heavy atom. The lowest BCUT2D eigenvalue weighted by Gasteiger charge is -2.27. The van der Waals surface area contributed by atoms with Gasteiger partial charge in [0.1, 0.15) is 0 Å². The molecule has 0 aliphatic heterocycles. The first-order valence-corrected chi connectivity index (χ1v) is 42.2. The maximum absolute atomic E-state index is 11.9. The molecular formula is C30H62O49P12-12. The van der Waals surface area contributed by atoms with Crippen molar-refractivity contribution in [3.05, 3.63) is 0 Å². The summed E-state index contributed by atoms with van der Waals surface area (Å²) in [4.78, 5) is 149. The summed E-state index contributed by atoms with van der Waals surface area (Å²) >= 11 is 0. The molecule has 49 nitrogen and oxygen atoms in total. The molecule has 91 heavy (non-hydrogen) atoms. The summed E-state index contributed by atoms with van der Waals surface area (Å²) in [6, 6.07) is 0. The SMILES string of the molecule is CCC(CO)COP(=O)([O-])OCCOP(=O)([O-])OCCOP(=O)([O-])OCCOP(=O)([O-])OCCOP(=O)([O-])OCCOP(=O)([O-])OCCOP(=O)([O-])OCCOP(=O)([O-])OCCOP(=O)([O-])OCCOP(=O)([O-])OCCOP(=O)([O-])OCC(CC)COP(=O)([O-])O. The lowest BCUT2D eigenvalue weighted by atomic mass is 10.1. The molecule has 548 valence electrons. The highest BCUT2D eigenvalue weighted by atomic mass is 31.2.